The lowest BCUT2D eigenvalue weighted by Crippen LogP contribution is -2.62. The minimum Gasteiger partial charge on any atom is -0.312 e. The molecule has 2 heterocycles. The van der Waals surface area contributed by atoms with E-state index in [9.17, 15) is 9.59 Å². The van der Waals surface area contributed by atoms with Gasteiger partial charge in [0.05, 0.1) is 26.2 Å². The largest absolute Gasteiger partial charge is 0.312 e. The molecular formula is C28H36Cl2N2O2+2. The Balaban J connectivity index is 1.49. The third kappa shape index (κ3) is 6.48. The van der Waals surface area contributed by atoms with Crippen LogP contribution in [0.3, 0.4) is 0 Å². The quantitative estimate of drug-likeness (QED) is 0.308. The first-order chi connectivity index (χ1) is 16.4. The Hall–Kier alpha value is -1.72. The SMILES string of the molecule is O=C(C[N+]1(CC[N+]2(CC(=O)c3ccc(Cl)cc3)CCCCC2)CCCCC1)c1ccc(Cl)cc1. The fraction of sp³-hybridized carbons (Fsp3) is 0.500. The van der Waals surface area contributed by atoms with E-state index in [1.54, 1.807) is 24.3 Å². The van der Waals surface area contributed by atoms with Crippen molar-refractivity contribution in [3.63, 3.8) is 0 Å². The van der Waals surface area contributed by atoms with Crippen molar-refractivity contribution in [3.05, 3.63) is 69.7 Å². The maximum absolute atomic E-state index is 13.2. The predicted octanol–water partition coefficient (Wildman–Crippen LogP) is 6.06. The standard InChI is InChI=1S/C28H36Cl2N2O2/c29-25-11-7-23(8-12-25)27(33)21-31(15-3-1-4-16-31)19-20-32(17-5-2-6-18-32)22-28(34)24-9-13-26(30)14-10-24/h7-14H,1-6,15-22H2/q+2. The maximum atomic E-state index is 13.2. The van der Waals surface area contributed by atoms with Crippen LogP contribution in [0.1, 0.15) is 59.2 Å². The molecule has 182 valence electrons. The van der Waals surface area contributed by atoms with Gasteiger partial charge in [0.2, 0.25) is 11.6 Å². The molecule has 2 aliphatic rings. The molecule has 2 aromatic rings. The normalized spacial score (nSPS) is 19.5. The van der Waals surface area contributed by atoms with Gasteiger partial charge in [-0.25, -0.2) is 0 Å². The van der Waals surface area contributed by atoms with E-state index in [2.05, 4.69) is 0 Å². The lowest BCUT2D eigenvalue weighted by Gasteiger charge is -2.46. The molecule has 0 amide bonds. The molecule has 0 N–H and O–H groups in total. The summed E-state index contributed by atoms with van der Waals surface area (Å²) in [6.07, 6.45) is 7.14. The second-order valence-electron chi connectivity index (χ2n) is 10.3. The van der Waals surface area contributed by atoms with E-state index >= 15 is 0 Å². The third-order valence-electron chi connectivity index (χ3n) is 7.87. The summed E-state index contributed by atoms with van der Waals surface area (Å²) < 4.78 is 1.69. The summed E-state index contributed by atoms with van der Waals surface area (Å²) in [7, 11) is 0. The molecular weight excluding hydrogens is 467 g/mol. The van der Waals surface area contributed by atoms with E-state index in [1.165, 1.54) is 12.8 Å². The summed E-state index contributed by atoms with van der Waals surface area (Å²) in [4.78, 5) is 26.4. The molecule has 2 aromatic carbocycles. The van der Waals surface area contributed by atoms with Gasteiger partial charge in [-0.3, -0.25) is 9.59 Å². The number of piperidine rings is 2. The van der Waals surface area contributed by atoms with Crippen molar-refractivity contribution in [1.82, 2.24) is 0 Å². The minimum absolute atomic E-state index is 0.195. The molecule has 4 rings (SSSR count). The minimum atomic E-state index is 0.195. The van der Waals surface area contributed by atoms with Crippen molar-refractivity contribution in [1.29, 1.82) is 0 Å². The number of hydrogen-bond acceptors (Lipinski definition) is 2. The topological polar surface area (TPSA) is 34.1 Å². The molecule has 2 fully saturated rings. The number of hydrogen-bond donors (Lipinski definition) is 0. The van der Waals surface area contributed by atoms with Gasteiger partial charge in [0.15, 0.2) is 0 Å². The Morgan fingerprint density at radius 3 is 1.21 bits per heavy atom. The highest BCUT2D eigenvalue weighted by atomic mass is 35.5. The molecule has 6 heteroatoms. The zero-order valence-corrected chi connectivity index (χ0v) is 21.5. The van der Waals surface area contributed by atoms with E-state index in [0.717, 1.165) is 85.0 Å². The van der Waals surface area contributed by atoms with E-state index in [1.807, 2.05) is 24.3 Å². The van der Waals surface area contributed by atoms with Gasteiger partial charge in [0, 0.05) is 21.2 Å². The number of quaternary nitrogens is 2. The van der Waals surface area contributed by atoms with Crippen molar-refractivity contribution < 1.29 is 18.6 Å². The van der Waals surface area contributed by atoms with E-state index < -0.39 is 0 Å². The van der Waals surface area contributed by atoms with Crippen LogP contribution in [-0.4, -0.2) is 72.9 Å². The van der Waals surface area contributed by atoms with Crippen molar-refractivity contribution in [2.75, 3.05) is 52.4 Å². The highest BCUT2D eigenvalue weighted by Crippen LogP contribution is 2.25. The van der Waals surface area contributed by atoms with E-state index in [4.69, 9.17) is 23.2 Å². The van der Waals surface area contributed by atoms with Gasteiger partial charge in [-0.1, -0.05) is 23.2 Å². The first-order valence-electron chi connectivity index (χ1n) is 12.7. The summed E-state index contributed by atoms with van der Waals surface area (Å²) in [5.74, 6) is 0.391. The molecule has 0 bridgehead atoms. The Morgan fingerprint density at radius 2 is 0.882 bits per heavy atom. The molecule has 0 aromatic heterocycles. The molecule has 4 nitrogen and oxygen atoms in total. The predicted molar refractivity (Wildman–Crippen MR) is 139 cm³/mol. The molecule has 0 aliphatic carbocycles. The number of Topliss-reactive ketones (excluding diaryl/α,β-unsaturated/α-hetero) is 2. The summed E-state index contributed by atoms with van der Waals surface area (Å²) in [6, 6.07) is 14.6. The molecule has 0 saturated carbocycles. The van der Waals surface area contributed by atoms with Crippen LogP contribution in [0.25, 0.3) is 0 Å². The molecule has 2 aliphatic heterocycles. The number of nitrogens with zero attached hydrogens (tertiary/aromatic N) is 2. The lowest BCUT2D eigenvalue weighted by atomic mass is 10.0. The lowest BCUT2D eigenvalue weighted by molar-refractivity contribution is -0.977. The second kappa shape index (κ2) is 11.3. The maximum Gasteiger partial charge on any atom is 0.216 e. The fourth-order valence-corrected chi connectivity index (χ4v) is 6.03. The van der Waals surface area contributed by atoms with Gasteiger partial charge >= 0.3 is 0 Å². The van der Waals surface area contributed by atoms with Crippen molar-refractivity contribution >= 4 is 34.8 Å². The zero-order valence-electron chi connectivity index (χ0n) is 20.0. The second-order valence-corrected chi connectivity index (χ2v) is 11.2. The van der Waals surface area contributed by atoms with Crippen molar-refractivity contribution in [2.24, 2.45) is 0 Å². The average Bonchev–Trinajstić information content (AvgIpc) is 2.85. The van der Waals surface area contributed by atoms with Gasteiger partial charge in [-0.15, -0.1) is 0 Å². The number of ketones is 2. The van der Waals surface area contributed by atoms with Gasteiger partial charge in [0.1, 0.15) is 26.2 Å². The van der Waals surface area contributed by atoms with Crippen LogP contribution in [0.4, 0.5) is 0 Å². The van der Waals surface area contributed by atoms with Crippen LogP contribution in [0.15, 0.2) is 48.5 Å². The van der Waals surface area contributed by atoms with Gasteiger partial charge in [0.25, 0.3) is 0 Å². The number of likely N-dealkylation sites (tertiary alicyclic amines) is 2. The molecule has 2 saturated heterocycles. The number of benzene rings is 2. The Labute approximate surface area is 213 Å². The van der Waals surface area contributed by atoms with Gasteiger partial charge in [-0.05, 0) is 87.1 Å². The molecule has 34 heavy (non-hydrogen) atoms. The summed E-state index contributed by atoms with van der Waals surface area (Å²) in [5, 5.41) is 1.31. The van der Waals surface area contributed by atoms with Gasteiger partial charge in [-0.2, -0.15) is 0 Å². The molecule has 0 spiro atoms. The highest BCUT2D eigenvalue weighted by molar-refractivity contribution is 6.31. The summed E-state index contributed by atoms with van der Waals surface area (Å²) in [5.41, 5.74) is 1.49. The third-order valence-corrected chi connectivity index (χ3v) is 8.37. The molecule has 0 radical (unpaired) electrons. The number of carbonyl (C=O) groups is 2. The fourth-order valence-electron chi connectivity index (χ4n) is 5.78. The smallest absolute Gasteiger partial charge is 0.216 e. The van der Waals surface area contributed by atoms with Crippen molar-refractivity contribution in [3.8, 4) is 0 Å². The first-order valence-corrected chi connectivity index (χ1v) is 13.4. The van der Waals surface area contributed by atoms with Crippen LogP contribution < -0.4 is 0 Å². The first kappa shape index (κ1) is 25.4. The Bertz CT molecular complexity index is 895. The van der Waals surface area contributed by atoms with E-state index in [0.29, 0.717) is 23.1 Å². The van der Waals surface area contributed by atoms with Crippen LogP contribution in [0, 0.1) is 0 Å². The van der Waals surface area contributed by atoms with Crippen LogP contribution in [-0.2, 0) is 0 Å². The van der Waals surface area contributed by atoms with Crippen molar-refractivity contribution in [2.45, 2.75) is 38.5 Å². The number of carbonyl (C=O) groups excluding carboxylic acids is 2. The average molecular weight is 504 g/mol. The van der Waals surface area contributed by atoms with Crippen LogP contribution in [0.5, 0.6) is 0 Å². The van der Waals surface area contributed by atoms with E-state index in [-0.39, 0.29) is 11.6 Å². The summed E-state index contributed by atoms with van der Waals surface area (Å²) in [6.45, 7) is 7.16. The molecule has 0 atom stereocenters. The zero-order chi connectivity index (χ0) is 24.0. The van der Waals surface area contributed by atoms with Crippen LogP contribution >= 0.6 is 23.2 Å². The Kier molecular flexibility index (Phi) is 8.47. The Morgan fingerprint density at radius 1 is 0.559 bits per heavy atom. The molecule has 0 unspecified atom stereocenters. The monoisotopic (exact) mass is 502 g/mol. The van der Waals surface area contributed by atoms with Gasteiger partial charge < -0.3 is 8.97 Å². The van der Waals surface area contributed by atoms with Crippen LogP contribution in [0.2, 0.25) is 10.0 Å². The highest BCUT2D eigenvalue weighted by Gasteiger charge is 2.39. The number of halogens is 2. The summed E-state index contributed by atoms with van der Waals surface area (Å²) >= 11 is 12.1. The number of rotatable bonds is 9.